The lowest BCUT2D eigenvalue weighted by Gasteiger charge is -2.13. The molecule has 0 unspecified atom stereocenters. The van der Waals surface area contributed by atoms with Crippen molar-refractivity contribution in [3.8, 4) is 28.7 Å². The molecule has 0 aliphatic heterocycles. The fourth-order valence-electron chi connectivity index (χ4n) is 1.58. The van der Waals surface area contributed by atoms with Gasteiger partial charge in [0.1, 0.15) is 0 Å². The molecule has 0 radical (unpaired) electrons. The van der Waals surface area contributed by atoms with Crippen molar-refractivity contribution in [2.24, 2.45) is 0 Å². The molecule has 0 spiro atoms. The minimum atomic E-state index is 0.300. The highest BCUT2D eigenvalue weighted by atomic mass is 79.9. The minimum Gasteiger partial charge on any atom is -0.493 e. The van der Waals surface area contributed by atoms with E-state index in [9.17, 15) is 0 Å². The number of aromatic nitrogens is 2. The van der Waals surface area contributed by atoms with Crippen molar-refractivity contribution in [1.82, 2.24) is 10.2 Å². The lowest BCUT2D eigenvalue weighted by molar-refractivity contribution is 0.324. The number of hydrogen-bond acceptors (Lipinski definition) is 6. The summed E-state index contributed by atoms with van der Waals surface area (Å²) in [5.41, 5.74) is 0.633. The summed E-state index contributed by atoms with van der Waals surface area (Å²) in [6.45, 7) is 0. The van der Waals surface area contributed by atoms with Gasteiger partial charge in [-0.3, -0.25) is 0 Å². The van der Waals surface area contributed by atoms with Gasteiger partial charge in [0.15, 0.2) is 11.5 Å². The molecular formula is C11H11BrN2O4. The summed E-state index contributed by atoms with van der Waals surface area (Å²) >= 11 is 3.10. The zero-order valence-electron chi connectivity index (χ0n) is 10.1. The average Bonchev–Trinajstić information content (AvgIpc) is 2.83. The third-order valence-electron chi connectivity index (χ3n) is 2.33. The molecule has 2 rings (SSSR count). The predicted octanol–water partition coefficient (Wildman–Crippen LogP) is 2.52. The maximum absolute atomic E-state index is 5.33. The number of methoxy groups -OCH3 is 3. The van der Waals surface area contributed by atoms with Gasteiger partial charge in [-0.25, -0.2) is 0 Å². The summed E-state index contributed by atoms with van der Waals surface area (Å²) in [5.74, 6) is 1.86. The van der Waals surface area contributed by atoms with Crippen molar-refractivity contribution < 1.29 is 18.6 Å². The van der Waals surface area contributed by atoms with Gasteiger partial charge < -0.3 is 18.6 Å². The molecule has 0 saturated heterocycles. The third-order valence-corrected chi connectivity index (χ3v) is 2.66. The Bertz CT molecular complexity index is 556. The third kappa shape index (κ3) is 2.13. The van der Waals surface area contributed by atoms with Crippen LogP contribution >= 0.6 is 15.9 Å². The number of hydrogen-bond donors (Lipinski definition) is 0. The first-order valence-electron chi connectivity index (χ1n) is 4.99. The first-order chi connectivity index (χ1) is 8.71. The second kappa shape index (κ2) is 5.26. The first kappa shape index (κ1) is 12.7. The zero-order valence-corrected chi connectivity index (χ0v) is 11.6. The molecule has 96 valence electrons. The highest BCUT2D eigenvalue weighted by Crippen LogP contribution is 2.43. The Morgan fingerprint density at radius 2 is 1.72 bits per heavy atom. The number of ether oxygens (including phenoxy) is 3. The van der Waals surface area contributed by atoms with Crippen LogP contribution in [-0.4, -0.2) is 31.5 Å². The molecular weight excluding hydrogens is 304 g/mol. The van der Waals surface area contributed by atoms with Crippen LogP contribution in [-0.2, 0) is 0 Å². The first-order valence-corrected chi connectivity index (χ1v) is 5.79. The SMILES string of the molecule is COc1ccc(-c2nnc(Br)o2)c(OC)c1OC. The molecule has 0 N–H and O–H groups in total. The lowest BCUT2D eigenvalue weighted by atomic mass is 10.1. The summed E-state index contributed by atoms with van der Waals surface area (Å²) in [4.78, 5) is 0.300. The van der Waals surface area contributed by atoms with Crippen LogP contribution < -0.4 is 14.2 Å². The van der Waals surface area contributed by atoms with Crippen LogP contribution in [0.15, 0.2) is 21.3 Å². The summed E-state index contributed by atoms with van der Waals surface area (Å²) in [7, 11) is 4.63. The molecule has 0 amide bonds. The smallest absolute Gasteiger partial charge is 0.285 e. The van der Waals surface area contributed by atoms with Gasteiger partial charge in [0, 0.05) is 15.9 Å². The molecule has 0 saturated carbocycles. The van der Waals surface area contributed by atoms with Crippen molar-refractivity contribution in [2.45, 2.75) is 0 Å². The zero-order chi connectivity index (χ0) is 13.1. The van der Waals surface area contributed by atoms with Crippen molar-refractivity contribution in [1.29, 1.82) is 0 Å². The molecule has 0 aliphatic rings. The van der Waals surface area contributed by atoms with Crippen molar-refractivity contribution >= 4 is 15.9 Å². The van der Waals surface area contributed by atoms with E-state index in [1.165, 1.54) is 14.2 Å². The van der Waals surface area contributed by atoms with Crippen molar-refractivity contribution in [2.75, 3.05) is 21.3 Å². The maximum atomic E-state index is 5.33. The summed E-state index contributed by atoms with van der Waals surface area (Å²) < 4.78 is 21.1. The summed E-state index contributed by atoms with van der Waals surface area (Å²) in [5, 5.41) is 7.62. The Balaban J connectivity index is 2.61. The highest BCUT2D eigenvalue weighted by molar-refractivity contribution is 9.10. The molecule has 0 atom stereocenters. The molecule has 0 bridgehead atoms. The van der Waals surface area contributed by atoms with E-state index in [1.807, 2.05) is 0 Å². The van der Waals surface area contributed by atoms with E-state index in [0.29, 0.717) is 33.5 Å². The second-order valence-electron chi connectivity index (χ2n) is 3.24. The van der Waals surface area contributed by atoms with Gasteiger partial charge in [-0.15, -0.1) is 10.2 Å². The Morgan fingerprint density at radius 1 is 1.00 bits per heavy atom. The molecule has 1 heterocycles. The Hall–Kier alpha value is -1.76. The number of rotatable bonds is 4. The summed E-state index contributed by atoms with van der Waals surface area (Å²) in [6, 6.07) is 3.51. The van der Waals surface area contributed by atoms with Crippen LogP contribution in [0.2, 0.25) is 0 Å². The number of halogens is 1. The van der Waals surface area contributed by atoms with E-state index in [-0.39, 0.29) is 0 Å². The molecule has 18 heavy (non-hydrogen) atoms. The van der Waals surface area contributed by atoms with Crippen LogP contribution in [0, 0.1) is 0 Å². The highest BCUT2D eigenvalue weighted by Gasteiger charge is 2.20. The topological polar surface area (TPSA) is 66.6 Å². The fraction of sp³-hybridized carbons (Fsp3) is 0.273. The predicted molar refractivity (Wildman–Crippen MR) is 67.1 cm³/mol. The van der Waals surface area contributed by atoms with E-state index in [1.54, 1.807) is 19.2 Å². The maximum Gasteiger partial charge on any atom is 0.285 e. The molecule has 6 nitrogen and oxygen atoms in total. The van der Waals surface area contributed by atoms with Crippen LogP contribution in [0.1, 0.15) is 0 Å². The van der Waals surface area contributed by atoms with Crippen molar-refractivity contribution in [3.05, 3.63) is 16.9 Å². The van der Waals surface area contributed by atoms with E-state index >= 15 is 0 Å². The Kier molecular flexibility index (Phi) is 3.71. The van der Waals surface area contributed by atoms with Gasteiger partial charge in [0.05, 0.1) is 26.9 Å². The van der Waals surface area contributed by atoms with Gasteiger partial charge >= 0.3 is 0 Å². The van der Waals surface area contributed by atoms with E-state index in [2.05, 4.69) is 26.1 Å². The van der Waals surface area contributed by atoms with Crippen LogP contribution in [0.4, 0.5) is 0 Å². The number of nitrogens with zero attached hydrogens (tertiary/aromatic N) is 2. The normalized spacial score (nSPS) is 10.2. The van der Waals surface area contributed by atoms with Gasteiger partial charge in [-0.1, -0.05) is 0 Å². The molecule has 1 aromatic heterocycles. The Labute approximate surface area is 112 Å². The number of benzene rings is 1. The minimum absolute atomic E-state index is 0.300. The largest absolute Gasteiger partial charge is 0.493 e. The fourth-order valence-corrected chi connectivity index (χ4v) is 1.82. The van der Waals surface area contributed by atoms with Crippen LogP contribution in [0.5, 0.6) is 17.2 Å². The van der Waals surface area contributed by atoms with E-state index in [4.69, 9.17) is 18.6 Å². The van der Waals surface area contributed by atoms with E-state index in [0.717, 1.165) is 0 Å². The summed E-state index contributed by atoms with van der Waals surface area (Å²) in [6.07, 6.45) is 0. The molecule has 1 aromatic carbocycles. The molecule has 2 aromatic rings. The van der Waals surface area contributed by atoms with Gasteiger partial charge in [0.2, 0.25) is 5.75 Å². The van der Waals surface area contributed by atoms with Crippen molar-refractivity contribution in [3.63, 3.8) is 0 Å². The van der Waals surface area contributed by atoms with Crippen LogP contribution in [0.3, 0.4) is 0 Å². The monoisotopic (exact) mass is 314 g/mol. The lowest BCUT2D eigenvalue weighted by Crippen LogP contribution is -1.97. The Morgan fingerprint density at radius 3 is 2.22 bits per heavy atom. The van der Waals surface area contributed by atoms with Gasteiger partial charge in [-0.2, -0.15) is 0 Å². The van der Waals surface area contributed by atoms with Gasteiger partial charge in [0.25, 0.3) is 10.7 Å². The average molecular weight is 315 g/mol. The standard InChI is InChI=1S/C11H11BrN2O4/c1-15-7-5-4-6(8(16-2)9(7)17-3)10-13-14-11(12)18-10/h4-5H,1-3H3. The second-order valence-corrected chi connectivity index (χ2v) is 3.92. The van der Waals surface area contributed by atoms with Gasteiger partial charge in [-0.05, 0) is 12.1 Å². The molecule has 7 heteroatoms. The molecule has 0 fully saturated rings. The molecule has 0 aliphatic carbocycles. The van der Waals surface area contributed by atoms with Crippen LogP contribution in [0.25, 0.3) is 11.5 Å². The van der Waals surface area contributed by atoms with E-state index < -0.39 is 0 Å². The quantitative estimate of drug-likeness (QED) is 0.864.